The summed E-state index contributed by atoms with van der Waals surface area (Å²) in [7, 11) is 3.13. The summed E-state index contributed by atoms with van der Waals surface area (Å²) >= 11 is 0. The molecule has 0 saturated carbocycles. The molecule has 6 nitrogen and oxygen atoms in total. The average Bonchev–Trinajstić information content (AvgIpc) is 2.91. The van der Waals surface area contributed by atoms with Gasteiger partial charge in [-0.2, -0.15) is 13.2 Å². The van der Waals surface area contributed by atoms with E-state index in [9.17, 15) is 18.0 Å². The van der Waals surface area contributed by atoms with Crippen LogP contribution in [0.2, 0.25) is 0 Å². The van der Waals surface area contributed by atoms with Crippen LogP contribution in [0.3, 0.4) is 0 Å². The largest absolute Gasteiger partial charge is 0.495 e. The molecule has 4 rings (SSSR count). The zero-order valence-electron chi connectivity index (χ0n) is 23.2. The van der Waals surface area contributed by atoms with Crippen LogP contribution in [0.4, 0.5) is 18.9 Å². The SMILES string of the molecule is COc1cc(CCOc2cc3c(cc2OC)CCN(C(=O)CCC(F)(F)F)C3c2ccc(C)cc2C)ccc1N. The molecule has 1 aliphatic rings. The summed E-state index contributed by atoms with van der Waals surface area (Å²) in [6.07, 6.45) is -5.07. The molecule has 0 bridgehead atoms. The molecule has 3 aromatic rings. The Morgan fingerprint density at radius 3 is 2.40 bits per heavy atom. The lowest BCUT2D eigenvalue weighted by atomic mass is 9.85. The quantitative estimate of drug-likeness (QED) is 0.312. The van der Waals surface area contributed by atoms with Crippen molar-refractivity contribution in [2.24, 2.45) is 0 Å². The van der Waals surface area contributed by atoms with E-state index < -0.39 is 31.0 Å². The van der Waals surface area contributed by atoms with E-state index in [1.807, 2.05) is 56.3 Å². The second kappa shape index (κ2) is 12.1. The van der Waals surface area contributed by atoms with Crippen molar-refractivity contribution in [3.63, 3.8) is 0 Å². The Labute approximate surface area is 232 Å². The van der Waals surface area contributed by atoms with Crippen LogP contribution in [0, 0.1) is 13.8 Å². The number of hydrogen-bond donors (Lipinski definition) is 1. The van der Waals surface area contributed by atoms with Gasteiger partial charge in [-0.05, 0) is 72.4 Å². The third-order valence-corrected chi connectivity index (χ3v) is 7.26. The molecule has 1 heterocycles. The summed E-state index contributed by atoms with van der Waals surface area (Å²) in [6.45, 7) is 4.58. The number of benzene rings is 3. The predicted octanol–water partition coefficient (Wildman–Crippen LogP) is 6.34. The van der Waals surface area contributed by atoms with Gasteiger partial charge in [-0.1, -0.05) is 29.8 Å². The number of rotatable bonds is 9. The Balaban J connectivity index is 1.67. The number of amides is 1. The van der Waals surface area contributed by atoms with Gasteiger partial charge >= 0.3 is 6.18 Å². The lowest BCUT2D eigenvalue weighted by Crippen LogP contribution is -2.41. The molecule has 0 spiro atoms. The second-order valence-corrected chi connectivity index (χ2v) is 10.1. The predicted molar refractivity (Wildman–Crippen MR) is 148 cm³/mol. The highest BCUT2D eigenvalue weighted by atomic mass is 19.4. The Morgan fingerprint density at radius 1 is 0.975 bits per heavy atom. The second-order valence-electron chi connectivity index (χ2n) is 10.1. The monoisotopic (exact) mass is 556 g/mol. The minimum Gasteiger partial charge on any atom is -0.495 e. The lowest BCUT2D eigenvalue weighted by Gasteiger charge is -2.39. The van der Waals surface area contributed by atoms with Crippen molar-refractivity contribution >= 4 is 11.6 Å². The molecular formula is C31H35F3N2O4. The van der Waals surface area contributed by atoms with Crippen LogP contribution >= 0.6 is 0 Å². The van der Waals surface area contributed by atoms with Crippen LogP contribution < -0.4 is 19.9 Å². The van der Waals surface area contributed by atoms with E-state index >= 15 is 0 Å². The molecule has 214 valence electrons. The van der Waals surface area contributed by atoms with Gasteiger partial charge in [0.1, 0.15) is 5.75 Å². The zero-order chi connectivity index (χ0) is 29.0. The van der Waals surface area contributed by atoms with Crippen LogP contribution in [0.5, 0.6) is 17.2 Å². The number of aryl methyl sites for hydroxylation is 2. The number of nitrogens with zero attached hydrogens (tertiary/aromatic N) is 1. The van der Waals surface area contributed by atoms with Gasteiger partial charge in [0.05, 0.1) is 39.0 Å². The summed E-state index contributed by atoms with van der Waals surface area (Å²) in [5.74, 6) is 1.13. The average molecular weight is 557 g/mol. The van der Waals surface area contributed by atoms with E-state index in [4.69, 9.17) is 19.9 Å². The lowest BCUT2D eigenvalue weighted by molar-refractivity contribution is -0.150. The van der Waals surface area contributed by atoms with Gasteiger partial charge in [0, 0.05) is 19.4 Å². The summed E-state index contributed by atoms with van der Waals surface area (Å²) in [5, 5.41) is 0. The summed E-state index contributed by atoms with van der Waals surface area (Å²) in [4.78, 5) is 14.8. The summed E-state index contributed by atoms with van der Waals surface area (Å²) in [5.41, 5.74) is 12.1. The molecule has 2 N–H and O–H groups in total. The van der Waals surface area contributed by atoms with E-state index in [2.05, 4.69) is 0 Å². The van der Waals surface area contributed by atoms with Crippen LogP contribution in [0.25, 0.3) is 0 Å². The van der Waals surface area contributed by atoms with Gasteiger partial charge in [-0.25, -0.2) is 0 Å². The first-order valence-corrected chi connectivity index (χ1v) is 13.2. The number of anilines is 1. The number of nitrogens with two attached hydrogens (primary N) is 1. The van der Waals surface area contributed by atoms with Gasteiger partial charge in [-0.3, -0.25) is 4.79 Å². The normalized spacial score (nSPS) is 15.0. The fourth-order valence-corrected chi connectivity index (χ4v) is 5.22. The van der Waals surface area contributed by atoms with Crippen LogP contribution in [0.15, 0.2) is 48.5 Å². The van der Waals surface area contributed by atoms with Gasteiger partial charge in [0.25, 0.3) is 0 Å². The van der Waals surface area contributed by atoms with Crippen molar-refractivity contribution in [2.45, 2.75) is 51.7 Å². The Morgan fingerprint density at radius 2 is 1.73 bits per heavy atom. The number of ether oxygens (including phenoxy) is 3. The maximum atomic E-state index is 13.2. The highest BCUT2D eigenvalue weighted by Crippen LogP contribution is 2.42. The maximum Gasteiger partial charge on any atom is 0.389 e. The number of methoxy groups -OCH3 is 2. The van der Waals surface area contributed by atoms with E-state index in [0.717, 1.165) is 33.4 Å². The Bertz CT molecular complexity index is 1370. The van der Waals surface area contributed by atoms with Gasteiger partial charge in [0.15, 0.2) is 11.5 Å². The molecule has 9 heteroatoms. The minimum atomic E-state index is -4.40. The smallest absolute Gasteiger partial charge is 0.389 e. The first-order valence-electron chi connectivity index (χ1n) is 13.2. The number of hydrogen-bond acceptors (Lipinski definition) is 5. The fraction of sp³-hybridized carbons (Fsp3) is 0.387. The molecule has 0 aliphatic carbocycles. The summed E-state index contributed by atoms with van der Waals surface area (Å²) in [6, 6.07) is 14.7. The van der Waals surface area contributed by atoms with Crippen molar-refractivity contribution in [3.8, 4) is 17.2 Å². The standard InChI is InChI=1S/C31H35F3N2O4/c1-19-5-7-23(20(2)15-19)30-24-18-28(40-14-11-21-6-8-25(35)26(16-21)38-3)27(39-4)17-22(24)10-13-36(30)29(37)9-12-31(32,33)34/h5-8,15-18,30H,9-14,35H2,1-4H3. The molecule has 40 heavy (non-hydrogen) atoms. The number of halogens is 3. The van der Waals surface area contributed by atoms with Crippen molar-refractivity contribution in [1.82, 2.24) is 4.90 Å². The van der Waals surface area contributed by atoms with Crippen molar-refractivity contribution < 1.29 is 32.2 Å². The van der Waals surface area contributed by atoms with Gasteiger partial charge in [0.2, 0.25) is 5.91 Å². The van der Waals surface area contributed by atoms with Crippen molar-refractivity contribution in [2.75, 3.05) is 33.1 Å². The molecule has 0 radical (unpaired) electrons. The Hall–Kier alpha value is -3.88. The molecule has 0 saturated heterocycles. The number of carbonyl (C=O) groups excluding carboxylic acids is 1. The van der Waals surface area contributed by atoms with Crippen molar-refractivity contribution in [3.05, 3.63) is 81.9 Å². The highest BCUT2D eigenvalue weighted by Gasteiger charge is 2.36. The molecule has 1 aliphatic heterocycles. The number of nitrogen functional groups attached to an aromatic ring is 1. The third kappa shape index (κ3) is 6.63. The van der Waals surface area contributed by atoms with E-state index in [1.165, 1.54) is 0 Å². The van der Waals surface area contributed by atoms with Gasteiger partial charge < -0.3 is 24.8 Å². The first kappa shape index (κ1) is 29.1. The van der Waals surface area contributed by atoms with E-state index in [-0.39, 0.29) is 0 Å². The van der Waals surface area contributed by atoms with Gasteiger partial charge in [-0.15, -0.1) is 0 Å². The summed E-state index contributed by atoms with van der Waals surface area (Å²) < 4.78 is 56.0. The number of carbonyl (C=O) groups is 1. The highest BCUT2D eigenvalue weighted by molar-refractivity contribution is 5.78. The molecule has 1 atom stereocenters. The van der Waals surface area contributed by atoms with E-state index in [0.29, 0.717) is 48.9 Å². The molecule has 3 aromatic carbocycles. The fourth-order valence-electron chi connectivity index (χ4n) is 5.22. The topological polar surface area (TPSA) is 74.0 Å². The molecule has 1 unspecified atom stereocenters. The van der Waals surface area contributed by atoms with Crippen molar-refractivity contribution in [1.29, 1.82) is 0 Å². The van der Waals surface area contributed by atoms with Crippen LogP contribution in [-0.4, -0.2) is 44.4 Å². The third-order valence-electron chi connectivity index (χ3n) is 7.26. The number of fused-ring (bicyclic) bond motifs is 1. The van der Waals surface area contributed by atoms with Crippen LogP contribution in [-0.2, 0) is 17.6 Å². The minimum absolute atomic E-state index is 0.310. The number of alkyl halides is 3. The molecule has 0 fully saturated rings. The van der Waals surface area contributed by atoms with E-state index in [1.54, 1.807) is 25.2 Å². The Kier molecular flexibility index (Phi) is 8.81. The molecule has 0 aromatic heterocycles. The molecule has 1 amide bonds. The molecular weight excluding hydrogens is 521 g/mol. The first-order chi connectivity index (χ1) is 19.0. The maximum absolute atomic E-state index is 13.2. The zero-order valence-corrected chi connectivity index (χ0v) is 23.2. The van der Waals surface area contributed by atoms with Crippen LogP contribution in [0.1, 0.15) is 52.3 Å².